The molecular weight excluding hydrogens is 272 g/mol. The van der Waals surface area contributed by atoms with Crippen LogP contribution in [0.25, 0.3) is 0 Å². The molecular formula is C15H20N2O4. The van der Waals surface area contributed by atoms with Crippen molar-refractivity contribution in [2.45, 2.75) is 45.4 Å². The number of amides is 1. The predicted octanol–water partition coefficient (Wildman–Crippen LogP) is 1.90. The lowest BCUT2D eigenvalue weighted by Crippen LogP contribution is -2.45. The van der Waals surface area contributed by atoms with Crippen LogP contribution in [-0.2, 0) is 22.5 Å². The van der Waals surface area contributed by atoms with Gasteiger partial charge in [-0.05, 0) is 38.0 Å². The van der Waals surface area contributed by atoms with Crippen LogP contribution < -0.4 is 10.6 Å². The maximum Gasteiger partial charge on any atom is 0.415 e. The monoisotopic (exact) mass is 292 g/mol. The smallest absolute Gasteiger partial charge is 0.415 e. The van der Waals surface area contributed by atoms with E-state index in [1.165, 1.54) is 4.90 Å². The highest BCUT2D eigenvalue weighted by molar-refractivity contribution is 5.98. The van der Waals surface area contributed by atoms with Gasteiger partial charge in [0, 0.05) is 13.0 Å². The van der Waals surface area contributed by atoms with Crippen LogP contribution >= 0.6 is 0 Å². The van der Waals surface area contributed by atoms with Crippen molar-refractivity contribution in [2.24, 2.45) is 5.73 Å². The zero-order valence-corrected chi connectivity index (χ0v) is 12.4. The fourth-order valence-corrected chi connectivity index (χ4v) is 2.46. The van der Waals surface area contributed by atoms with Gasteiger partial charge in [-0.2, -0.15) is 0 Å². The number of ether oxygens (including phenoxy) is 1. The van der Waals surface area contributed by atoms with Crippen molar-refractivity contribution in [3.05, 3.63) is 29.3 Å². The minimum atomic E-state index is -1.06. The molecule has 6 heteroatoms. The molecule has 21 heavy (non-hydrogen) atoms. The number of nitrogens with two attached hydrogens (primary N) is 1. The van der Waals surface area contributed by atoms with Gasteiger partial charge in [-0.3, -0.25) is 4.90 Å². The van der Waals surface area contributed by atoms with E-state index >= 15 is 0 Å². The third-order valence-electron chi connectivity index (χ3n) is 3.31. The lowest BCUT2D eigenvalue weighted by Gasteiger charge is -2.27. The molecule has 2 rings (SSSR count). The molecule has 0 unspecified atom stereocenters. The largest absolute Gasteiger partial charge is 0.480 e. The minimum Gasteiger partial charge on any atom is -0.480 e. The van der Waals surface area contributed by atoms with Gasteiger partial charge in [0.05, 0.1) is 5.69 Å². The van der Waals surface area contributed by atoms with E-state index in [9.17, 15) is 14.7 Å². The molecule has 6 nitrogen and oxygen atoms in total. The van der Waals surface area contributed by atoms with Crippen molar-refractivity contribution in [2.75, 3.05) is 4.90 Å². The second-order valence-electron chi connectivity index (χ2n) is 6.03. The third-order valence-corrected chi connectivity index (χ3v) is 3.31. The lowest BCUT2D eigenvalue weighted by atomic mass is 10.0. The summed E-state index contributed by atoms with van der Waals surface area (Å²) in [6.07, 6.45) is -0.403. The van der Waals surface area contributed by atoms with Crippen LogP contribution in [-0.4, -0.2) is 28.8 Å². The quantitative estimate of drug-likeness (QED) is 0.868. The van der Waals surface area contributed by atoms with E-state index in [0.717, 1.165) is 11.1 Å². The van der Waals surface area contributed by atoms with Gasteiger partial charge in [0.1, 0.15) is 11.6 Å². The molecule has 0 aromatic heterocycles. The summed E-state index contributed by atoms with van der Waals surface area (Å²) in [4.78, 5) is 25.0. The van der Waals surface area contributed by atoms with Crippen LogP contribution in [0, 0.1) is 0 Å². The molecule has 0 aliphatic carbocycles. The molecule has 0 bridgehead atoms. The van der Waals surface area contributed by atoms with E-state index in [1.54, 1.807) is 32.9 Å². The maximum absolute atomic E-state index is 12.3. The number of nitrogens with zero attached hydrogens (tertiary/aromatic N) is 1. The molecule has 1 aromatic rings. The number of benzene rings is 1. The number of aliphatic carboxylic acids is 1. The van der Waals surface area contributed by atoms with Crippen LogP contribution in [0.3, 0.4) is 0 Å². The Morgan fingerprint density at radius 3 is 2.62 bits per heavy atom. The first-order valence-electron chi connectivity index (χ1n) is 6.80. The van der Waals surface area contributed by atoms with E-state index in [-0.39, 0.29) is 6.42 Å². The van der Waals surface area contributed by atoms with Gasteiger partial charge in [-0.25, -0.2) is 9.59 Å². The molecule has 0 radical (unpaired) electrons. The predicted molar refractivity (Wildman–Crippen MR) is 78.2 cm³/mol. The Labute approximate surface area is 123 Å². The average molecular weight is 292 g/mol. The Hall–Kier alpha value is -2.08. The summed E-state index contributed by atoms with van der Waals surface area (Å²) in [6, 6.07) is 4.38. The minimum absolute atomic E-state index is 0.247. The first-order chi connectivity index (χ1) is 9.74. The van der Waals surface area contributed by atoms with E-state index in [2.05, 4.69) is 0 Å². The number of carboxylic acid groups (broad SMARTS) is 1. The molecule has 1 heterocycles. The zero-order valence-electron chi connectivity index (χ0n) is 12.4. The standard InChI is InChI=1S/C15H20N2O4/c1-15(2,3)21-14(20)17-11-6-4-5-9(8-16)10(11)7-12(17)13(18)19/h4-6,12H,7-8,16H2,1-3H3,(H,18,19)/t12-/m1/s1. The first kappa shape index (κ1) is 15.3. The molecule has 0 saturated carbocycles. The second kappa shape index (κ2) is 5.37. The van der Waals surface area contributed by atoms with Crippen LogP contribution in [0.5, 0.6) is 0 Å². The number of carboxylic acids is 1. The molecule has 3 N–H and O–H groups in total. The Bertz CT molecular complexity index is 578. The molecule has 0 fully saturated rings. The van der Waals surface area contributed by atoms with Gasteiger partial charge in [-0.15, -0.1) is 0 Å². The highest BCUT2D eigenvalue weighted by Gasteiger charge is 2.41. The normalized spacial score (nSPS) is 17.5. The van der Waals surface area contributed by atoms with Gasteiger partial charge < -0.3 is 15.6 Å². The van der Waals surface area contributed by atoms with Crippen molar-refractivity contribution >= 4 is 17.7 Å². The summed E-state index contributed by atoms with van der Waals surface area (Å²) in [5.74, 6) is -1.06. The molecule has 0 spiro atoms. The lowest BCUT2D eigenvalue weighted by molar-refractivity contribution is -0.138. The molecule has 0 saturated heterocycles. The highest BCUT2D eigenvalue weighted by Crippen LogP contribution is 2.35. The van der Waals surface area contributed by atoms with Gasteiger partial charge in [0.2, 0.25) is 0 Å². The van der Waals surface area contributed by atoms with Gasteiger partial charge in [0.25, 0.3) is 0 Å². The topological polar surface area (TPSA) is 92.9 Å². The average Bonchev–Trinajstić information content (AvgIpc) is 2.75. The van der Waals surface area contributed by atoms with E-state index in [4.69, 9.17) is 10.5 Å². The van der Waals surface area contributed by atoms with Crippen molar-refractivity contribution in [3.63, 3.8) is 0 Å². The number of hydrogen-bond acceptors (Lipinski definition) is 4. The number of fused-ring (bicyclic) bond motifs is 1. The zero-order chi connectivity index (χ0) is 15.8. The SMILES string of the molecule is CC(C)(C)OC(=O)N1c2cccc(CN)c2C[C@@H]1C(=O)O. The van der Waals surface area contributed by atoms with Crippen molar-refractivity contribution in [3.8, 4) is 0 Å². The fraction of sp³-hybridized carbons (Fsp3) is 0.467. The number of carbonyl (C=O) groups excluding carboxylic acids is 1. The summed E-state index contributed by atoms with van der Waals surface area (Å²) < 4.78 is 5.32. The molecule has 114 valence electrons. The fourth-order valence-electron chi connectivity index (χ4n) is 2.46. The van der Waals surface area contributed by atoms with Crippen LogP contribution in [0.2, 0.25) is 0 Å². The molecule has 1 aromatic carbocycles. The van der Waals surface area contributed by atoms with Gasteiger partial charge in [0.15, 0.2) is 0 Å². The summed E-state index contributed by atoms with van der Waals surface area (Å²) >= 11 is 0. The Kier molecular flexibility index (Phi) is 3.91. The number of hydrogen-bond donors (Lipinski definition) is 2. The first-order valence-corrected chi connectivity index (χ1v) is 6.80. The van der Waals surface area contributed by atoms with E-state index < -0.39 is 23.7 Å². The highest BCUT2D eigenvalue weighted by atomic mass is 16.6. The van der Waals surface area contributed by atoms with E-state index in [1.807, 2.05) is 6.07 Å². The molecule has 1 atom stereocenters. The van der Waals surface area contributed by atoms with Gasteiger partial charge in [-0.1, -0.05) is 12.1 Å². The molecule has 1 aliphatic heterocycles. The molecule has 1 aliphatic rings. The number of carbonyl (C=O) groups is 2. The van der Waals surface area contributed by atoms with Crippen molar-refractivity contribution in [1.82, 2.24) is 0 Å². The van der Waals surface area contributed by atoms with Crippen molar-refractivity contribution in [1.29, 1.82) is 0 Å². The molecule has 1 amide bonds. The van der Waals surface area contributed by atoms with E-state index in [0.29, 0.717) is 12.2 Å². The number of rotatable bonds is 2. The summed E-state index contributed by atoms with van der Waals surface area (Å²) in [5.41, 5.74) is 7.22. The second-order valence-corrected chi connectivity index (χ2v) is 6.03. The summed E-state index contributed by atoms with van der Waals surface area (Å²) in [5, 5.41) is 9.39. The van der Waals surface area contributed by atoms with Crippen LogP contribution in [0.4, 0.5) is 10.5 Å². The van der Waals surface area contributed by atoms with Gasteiger partial charge >= 0.3 is 12.1 Å². The Morgan fingerprint density at radius 1 is 1.43 bits per heavy atom. The van der Waals surface area contributed by atoms with Crippen molar-refractivity contribution < 1.29 is 19.4 Å². The summed E-state index contributed by atoms with van der Waals surface area (Å²) in [6.45, 7) is 5.54. The Balaban J connectivity index is 2.43. The van der Waals surface area contributed by atoms with Crippen LogP contribution in [0.15, 0.2) is 18.2 Å². The summed E-state index contributed by atoms with van der Waals surface area (Å²) in [7, 11) is 0. The number of anilines is 1. The Morgan fingerprint density at radius 2 is 2.10 bits per heavy atom. The third kappa shape index (κ3) is 3.00. The van der Waals surface area contributed by atoms with Crippen LogP contribution in [0.1, 0.15) is 31.9 Å². The maximum atomic E-state index is 12.3.